The first-order valence-electron chi connectivity index (χ1n) is 10.2. The van der Waals surface area contributed by atoms with Gasteiger partial charge in [0.2, 0.25) is 11.6 Å². The van der Waals surface area contributed by atoms with Gasteiger partial charge in [-0.2, -0.15) is 0 Å². The van der Waals surface area contributed by atoms with Gasteiger partial charge in [-0.1, -0.05) is 32.9 Å². The Bertz CT molecular complexity index is 743. The molecule has 3 aliphatic carbocycles. The van der Waals surface area contributed by atoms with Gasteiger partial charge < -0.3 is 9.84 Å². The Morgan fingerprint density at radius 2 is 2.00 bits per heavy atom. The predicted molar refractivity (Wildman–Crippen MR) is 105 cm³/mol. The van der Waals surface area contributed by atoms with Crippen molar-refractivity contribution in [2.45, 2.75) is 66.2 Å². The highest BCUT2D eigenvalue weighted by Gasteiger charge is 2.55. The van der Waals surface area contributed by atoms with Crippen molar-refractivity contribution in [3.63, 3.8) is 0 Å². The van der Waals surface area contributed by atoms with E-state index < -0.39 is 11.5 Å². The molecule has 3 rings (SSSR count). The van der Waals surface area contributed by atoms with E-state index in [0.717, 1.165) is 38.2 Å². The van der Waals surface area contributed by atoms with Crippen LogP contribution in [0.1, 0.15) is 66.2 Å². The third-order valence-electron chi connectivity index (χ3n) is 7.70. The Morgan fingerprint density at radius 1 is 1.30 bits per heavy atom. The van der Waals surface area contributed by atoms with Crippen LogP contribution in [0, 0.1) is 22.7 Å². The molecular formula is C23H32O4. The van der Waals surface area contributed by atoms with Gasteiger partial charge in [0.05, 0.1) is 6.61 Å². The molecule has 0 bridgehead atoms. The maximum absolute atomic E-state index is 12.9. The van der Waals surface area contributed by atoms with Gasteiger partial charge in [-0.3, -0.25) is 9.59 Å². The second kappa shape index (κ2) is 6.96. The zero-order valence-corrected chi connectivity index (χ0v) is 17.1. The number of hydrogen-bond acceptors (Lipinski definition) is 4. The fraction of sp³-hybridized carbons (Fsp3) is 0.652. The molecule has 1 N–H and O–H groups in total. The minimum atomic E-state index is -0.532. The molecule has 0 amide bonds. The Hall–Kier alpha value is -1.84. The van der Waals surface area contributed by atoms with Crippen LogP contribution in [-0.4, -0.2) is 23.3 Å². The lowest BCUT2D eigenvalue weighted by molar-refractivity contribution is -0.121. The van der Waals surface area contributed by atoms with E-state index in [0.29, 0.717) is 24.9 Å². The number of aliphatic hydroxyl groups is 1. The minimum Gasteiger partial charge on any atom is -0.504 e. The summed E-state index contributed by atoms with van der Waals surface area (Å²) in [6.45, 7) is 13.3. The van der Waals surface area contributed by atoms with Crippen LogP contribution in [0.5, 0.6) is 0 Å². The average Bonchev–Trinajstić information content (AvgIpc) is 2.62. The van der Waals surface area contributed by atoms with E-state index >= 15 is 0 Å². The molecule has 4 heteroatoms. The van der Waals surface area contributed by atoms with Crippen molar-refractivity contribution in [1.29, 1.82) is 0 Å². The zero-order valence-electron chi connectivity index (χ0n) is 17.1. The van der Waals surface area contributed by atoms with Crippen molar-refractivity contribution >= 4 is 11.6 Å². The molecule has 4 atom stereocenters. The van der Waals surface area contributed by atoms with Crippen molar-refractivity contribution in [2.24, 2.45) is 22.7 Å². The molecule has 0 spiro atoms. The molecule has 2 fully saturated rings. The van der Waals surface area contributed by atoms with Gasteiger partial charge >= 0.3 is 0 Å². The summed E-state index contributed by atoms with van der Waals surface area (Å²) in [6, 6.07) is 0. The van der Waals surface area contributed by atoms with Crippen LogP contribution in [0.25, 0.3) is 0 Å². The number of rotatable bonds is 4. The lowest BCUT2D eigenvalue weighted by Crippen LogP contribution is -2.50. The molecule has 0 heterocycles. The van der Waals surface area contributed by atoms with Gasteiger partial charge in [0.1, 0.15) is 0 Å². The van der Waals surface area contributed by atoms with Crippen LogP contribution in [0.4, 0.5) is 0 Å². The van der Waals surface area contributed by atoms with Crippen molar-refractivity contribution in [1.82, 2.24) is 0 Å². The SMILES string of the molecule is C=C1CCC[C@H]2[C@](C)(CC3=C(O)C(=O)C=C(OCC)C3=O)[C@@H](C)CC[C@]12C. The number of aliphatic hydroxyl groups excluding tert-OH is 1. The van der Waals surface area contributed by atoms with E-state index in [1.54, 1.807) is 6.92 Å². The highest BCUT2D eigenvalue weighted by atomic mass is 16.5. The molecule has 0 radical (unpaired) electrons. The second-order valence-electron chi connectivity index (χ2n) is 9.05. The van der Waals surface area contributed by atoms with Crippen LogP contribution in [-0.2, 0) is 14.3 Å². The van der Waals surface area contributed by atoms with E-state index in [9.17, 15) is 14.7 Å². The van der Waals surface area contributed by atoms with Gasteiger partial charge in [0, 0.05) is 11.6 Å². The van der Waals surface area contributed by atoms with Crippen LogP contribution in [0.2, 0.25) is 0 Å². The molecule has 148 valence electrons. The third-order valence-corrected chi connectivity index (χ3v) is 7.70. The molecule has 2 saturated carbocycles. The fourth-order valence-electron chi connectivity index (χ4n) is 5.73. The Labute approximate surface area is 162 Å². The summed E-state index contributed by atoms with van der Waals surface area (Å²) in [6.07, 6.45) is 6.98. The maximum Gasteiger partial charge on any atom is 0.227 e. The van der Waals surface area contributed by atoms with Crippen molar-refractivity contribution in [3.05, 3.63) is 35.3 Å². The lowest BCUT2D eigenvalue weighted by Gasteiger charge is -2.59. The molecule has 0 aromatic carbocycles. The number of ether oxygens (including phenoxy) is 1. The normalized spacial score (nSPS) is 37.2. The summed E-state index contributed by atoms with van der Waals surface area (Å²) in [4.78, 5) is 25.1. The largest absolute Gasteiger partial charge is 0.504 e. The topological polar surface area (TPSA) is 63.6 Å². The number of hydrogen-bond donors (Lipinski definition) is 1. The fourth-order valence-corrected chi connectivity index (χ4v) is 5.73. The Kier molecular flexibility index (Phi) is 5.13. The lowest BCUT2D eigenvalue weighted by atomic mass is 9.46. The molecule has 4 nitrogen and oxygen atoms in total. The number of ketones is 2. The highest BCUT2D eigenvalue weighted by molar-refractivity contribution is 6.20. The number of allylic oxidation sites excluding steroid dienone is 3. The molecular weight excluding hydrogens is 340 g/mol. The first kappa shape index (κ1) is 19.9. The summed E-state index contributed by atoms with van der Waals surface area (Å²) in [7, 11) is 0. The molecule has 0 aromatic heterocycles. The minimum absolute atomic E-state index is 0.0539. The number of fused-ring (bicyclic) bond motifs is 1. The van der Waals surface area contributed by atoms with Gasteiger partial charge in [-0.15, -0.1) is 0 Å². The van der Waals surface area contributed by atoms with Gasteiger partial charge in [0.25, 0.3) is 0 Å². The van der Waals surface area contributed by atoms with Crippen molar-refractivity contribution < 1.29 is 19.4 Å². The molecule has 0 aromatic rings. The number of carbonyl (C=O) groups excluding carboxylic acids is 2. The van der Waals surface area contributed by atoms with Crippen molar-refractivity contribution in [2.75, 3.05) is 6.61 Å². The van der Waals surface area contributed by atoms with E-state index in [1.165, 1.54) is 5.57 Å². The zero-order chi connectivity index (χ0) is 20.0. The number of Topliss-reactive ketones (excluding diaryl/α,β-unsaturated/α-hetero) is 1. The standard InChI is InChI=1S/C23H32O4/c1-6-27-18-12-17(24)20(25)16(21(18)26)13-23(5)15(3)10-11-22(4)14(2)8-7-9-19(22)23/h12,15,19,25H,2,6-11,13H2,1,3-5H3/t15-,19+,22+,23+/m0/s1. The van der Waals surface area contributed by atoms with Gasteiger partial charge in [-0.05, 0) is 68.1 Å². The molecule has 27 heavy (non-hydrogen) atoms. The summed E-state index contributed by atoms with van der Waals surface area (Å²) >= 11 is 0. The summed E-state index contributed by atoms with van der Waals surface area (Å²) in [5, 5.41) is 10.4. The first-order chi connectivity index (χ1) is 12.6. The third kappa shape index (κ3) is 3.07. The van der Waals surface area contributed by atoms with Crippen molar-refractivity contribution in [3.8, 4) is 0 Å². The number of carbonyl (C=O) groups is 2. The smallest absolute Gasteiger partial charge is 0.227 e. The average molecular weight is 373 g/mol. The summed E-state index contributed by atoms with van der Waals surface area (Å²) in [5.74, 6) is -0.442. The van der Waals surface area contributed by atoms with Crippen LogP contribution in [0.3, 0.4) is 0 Å². The second-order valence-corrected chi connectivity index (χ2v) is 9.05. The Balaban J connectivity index is 1.99. The van der Waals surface area contributed by atoms with Gasteiger partial charge in [0.15, 0.2) is 11.5 Å². The summed E-state index contributed by atoms with van der Waals surface area (Å²) in [5.41, 5.74) is 1.43. The molecule has 0 saturated heterocycles. The van der Waals surface area contributed by atoms with E-state index in [4.69, 9.17) is 4.74 Å². The van der Waals surface area contributed by atoms with Gasteiger partial charge in [-0.25, -0.2) is 0 Å². The van der Waals surface area contributed by atoms with Crippen LogP contribution < -0.4 is 0 Å². The quantitative estimate of drug-likeness (QED) is 0.553. The van der Waals surface area contributed by atoms with E-state index in [2.05, 4.69) is 27.4 Å². The van der Waals surface area contributed by atoms with E-state index in [1.807, 2.05) is 0 Å². The maximum atomic E-state index is 12.9. The Morgan fingerprint density at radius 3 is 2.67 bits per heavy atom. The summed E-state index contributed by atoms with van der Waals surface area (Å²) < 4.78 is 5.37. The monoisotopic (exact) mass is 372 g/mol. The predicted octanol–water partition coefficient (Wildman–Crippen LogP) is 5.06. The molecule has 0 aliphatic heterocycles. The van der Waals surface area contributed by atoms with Crippen LogP contribution in [0.15, 0.2) is 35.3 Å². The highest BCUT2D eigenvalue weighted by Crippen LogP contribution is 2.63. The van der Waals surface area contributed by atoms with Crippen LogP contribution >= 0.6 is 0 Å². The first-order valence-corrected chi connectivity index (χ1v) is 10.2. The molecule has 0 unspecified atom stereocenters. The van der Waals surface area contributed by atoms with E-state index in [-0.39, 0.29) is 27.9 Å². The molecule has 3 aliphatic rings.